The minimum absolute atomic E-state index is 0.0769. The molecule has 0 radical (unpaired) electrons. The van der Waals surface area contributed by atoms with Crippen molar-refractivity contribution in [2.45, 2.75) is 205 Å². The second-order valence-corrected chi connectivity index (χ2v) is 23.2. The third-order valence-corrected chi connectivity index (χ3v) is 17.6. The molecule has 424 valence electrons. The lowest BCUT2D eigenvalue weighted by molar-refractivity contribution is -0.319. The lowest BCUT2D eigenvalue weighted by Crippen LogP contribution is -2.61. The Kier molecular flexibility index (Phi) is 19.4. The largest absolute Gasteiger partial charge is 0.494 e. The van der Waals surface area contributed by atoms with Crippen LogP contribution in [-0.4, -0.2) is 167 Å². The summed E-state index contributed by atoms with van der Waals surface area (Å²) in [5.74, 6) is -3.93. The van der Waals surface area contributed by atoms with E-state index in [0.717, 1.165) is 35.2 Å². The number of carbonyl (C=O) groups is 2. The molecule has 3 saturated heterocycles. The number of anilines is 1. The van der Waals surface area contributed by atoms with Gasteiger partial charge in [-0.1, -0.05) is 45.9 Å². The third-order valence-electron chi connectivity index (χ3n) is 17.6. The Morgan fingerprint density at radius 1 is 0.895 bits per heavy atom. The van der Waals surface area contributed by atoms with E-state index >= 15 is 0 Å². The van der Waals surface area contributed by atoms with Crippen LogP contribution in [0.2, 0.25) is 0 Å². The Balaban J connectivity index is 1.10. The van der Waals surface area contributed by atoms with E-state index < -0.39 is 108 Å². The Hall–Kier alpha value is -3.85. The molecule has 0 amide bonds. The lowest BCUT2D eigenvalue weighted by Gasteiger charge is -2.50. The molecule has 0 saturated carbocycles. The number of cyclic esters (lactones) is 1. The van der Waals surface area contributed by atoms with Crippen molar-refractivity contribution in [2.24, 2.45) is 23.7 Å². The van der Waals surface area contributed by atoms with Crippen LogP contribution in [0.15, 0.2) is 54.7 Å². The van der Waals surface area contributed by atoms with Gasteiger partial charge in [-0.2, -0.15) is 0 Å². The van der Waals surface area contributed by atoms with Crippen LogP contribution in [-0.2, 0) is 49.2 Å². The summed E-state index contributed by atoms with van der Waals surface area (Å²) >= 11 is 0. The number of rotatable bonds is 15. The molecular formula is C59H89N3O14. The van der Waals surface area contributed by atoms with Crippen LogP contribution in [0.5, 0.6) is 5.75 Å². The van der Waals surface area contributed by atoms with Gasteiger partial charge in [-0.3, -0.25) is 14.6 Å². The first-order valence-corrected chi connectivity index (χ1v) is 27.7. The Morgan fingerprint density at radius 3 is 2.30 bits per heavy atom. The van der Waals surface area contributed by atoms with Gasteiger partial charge in [-0.25, -0.2) is 0 Å². The minimum atomic E-state index is -2.00. The Morgan fingerprint density at radius 2 is 1.61 bits per heavy atom. The molecular weight excluding hydrogens is 975 g/mol. The summed E-state index contributed by atoms with van der Waals surface area (Å²) in [5, 5.41) is 48.0. The third kappa shape index (κ3) is 12.6. The van der Waals surface area contributed by atoms with Crippen LogP contribution >= 0.6 is 0 Å². The van der Waals surface area contributed by atoms with Gasteiger partial charge in [0.05, 0.1) is 65.8 Å². The fraction of sp³-hybridized carbons (Fsp3) is 0.712. The van der Waals surface area contributed by atoms with Gasteiger partial charge < -0.3 is 68.1 Å². The number of fused-ring (bicyclic) bond motifs is 2. The second kappa shape index (κ2) is 24.7. The predicted molar refractivity (Wildman–Crippen MR) is 288 cm³/mol. The van der Waals surface area contributed by atoms with Crippen molar-refractivity contribution in [1.82, 2.24) is 9.88 Å². The highest BCUT2D eigenvalue weighted by molar-refractivity contribution is 5.84. The molecule has 2 unspecified atom stereocenters. The molecule has 1 aromatic heterocycles. The highest BCUT2D eigenvalue weighted by Crippen LogP contribution is 2.43. The van der Waals surface area contributed by atoms with Crippen LogP contribution < -0.4 is 9.64 Å². The van der Waals surface area contributed by atoms with Crippen LogP contribution in [0.25, 0.3) is 10.9 Å². The summed E-state index contributed by atoms with van der Waals surface area (Å²) in [7, 11) is 4.99. The van der Waals surface area contributed by atoms with Gasteiger partial charge in [0, 0.05) is 74.8 Å². The molecule has 19 atom stereocenters. The van der Waals surface area contributed by atoms with Crippen LogP contribution in [0, 0.1) is 23.7 Å². The second-order valence-electron chi connectivity index (χ2n) is 23.2. The number of hydrogen-bond acceptors (Lipinski definition) is 17. The van der Waals surface area contributed by atoms with Crippen molar-refractivity contribution in [1.29, 1.82) is 0 Å². The number of para-hydroxylation sites is 1. The molecule has 3 fully saturated rings. The number of likely N-dealkylation sites (N-methyl/N-ethyl adjacent to an activating group) is 1. The fourth-order valence-electron chi connectivity index (χ4n) is 12.6. The number of hydrogen-bond donors (Lipinski definition) is 4. The summed E-state index contributed by atoms with van der Waals surface area (Å²) in [6, 6.07) is 16.5. The first-order valence-electron chi connectivity index (χ1n) is 27.7. The predicted octanol–water partition coefficient (Wildman–Crippen LogP) is 6.95. The number of benzene rings is 2. The molecule has 0 bridgehead atoms. The number of nitrogens with zero attached hydrogens (tertiary/aromatic N) is 3. The summed E-state index contributed by atoms with van der Waals surface area (Å²) in [5.41, 5.74) is 0.307. The summed E-state index contributed by atoms with van der Waals surface area (Å²) in [4.78, 5) is 38.2. The maximum Gasteiger partial charge on any atom is 0.311 e. The van der Waals surface area contributed by atoms with Gasteiger partial charge >= 0.3 is 5.97 Å². The zero-order chi connectivity index (χ0) is 55.6. The van der Waals surface area contributed by atoms with E-state index in [-0.39, 0.29) is 37.2 Å². The number of aromatic nitrogens is 1. The first kappa shape index (κ1) is 59.8. The van der Waals surface area contributed by atoms with Crippen LogP contribution in [0.1, 0.15) is 125 Å². The first-order chi connectivity index (χ1) is 35.9. The number of pyridine rings is 1. The standard InChI is InChI=1S/C59H89N3O14/c1-15-47-59(11,68)52(65)35(4)49(63)33(2)30-58(10,70-14)54(36(5)51(37(6)55(67)74-47)75-48-31-57(9,69-13)53(66)39(8)73-48)76-56-50(64)46(27-34(3)72-56)61(12)24-18-26-71-43-21-22-44-41(29-43)28-42(32-60-44)38(7)62-25-23-40-19-16-17-20-45(40)62/h16-17,19-22,28-29,32-39,46-48,50-54,56,64-66,68H,15,18,23-27,30-31H2,1-14H3/t33-,34-,35+,36+,37-,38+,39+,46+,47-,48?,50?,51+,52-,53+,54-,56+,57-,58-,59-/m1/s1. The topological polar surface area (TPSA) is 208 Å². The summed E-state index contributed by atoms with van der Waals surface area (Å²) < 4.78 is 51.3. The lowest BCUT2D eigenvalue weighted by atomic mass is 9.74. The molecule has 4 N–H and O–H groups in total. The number of esters is 1. The van der Waals surface area contributed by atoms with Gasteiger partial charge in [0.1, 0.15) is 35.4 Å². The van der Waals surface area contributed by atoms with E-state index in [2.05, 4.69) is 47.1 Å². The van der Waals surface area contributed by atoms with Crippen molar-refractivity contribution in [3.05, 3.63) is 65.9 Å². The number of aliphatic hydroxyl groups is 4. The molecule has 2 aromatic carbocycles. The molecule has 7 rings (SSSR count). The van der Waals surface area contributed by atoms with E-state index in [0.29, 0.717) is 26.0 Å². The molecule has 4 aliphatic heterocycles. The van der Waals surface area contributed by atoms with Gasteiger partial charge in [-0.05, 0) is 129 Å². The van der Waals surface area contributed by atoms with E-state index in [4.69, 9.17) is 42.9 Å². The highest BCUT2D eigenvalue weighted by atomic mass is 16.7. The molecule has 17 nitrogen and oxygen atoms in total. The smallest absolute Gasteiger partial charge is 0.311 e. The zero-order valence-electron chi connectivity index (χ0n) is 47.5. The fourth-order valence-corrected chi connectivity index (χ4v) is 12.6. The average molecular weight is 1060 g/mol. The number of methoxy groups -OCH3 is 2. The summed E-state index contributed by atoms with van der Waals surface area (Å²) in [6.45, 7) is 21.4. The maximum absolute atomic E-state index is 14.5. The number of Topliss-reactive ketones (excluding diaryl/α,β-unsaturated/α-hetero) is 1. The molecule has 17 heteroatoms. The van der Waals surface area contributed by atoms with Gasteiger partial charge in [0.15, 0.2) is 12.6 Å². The molecule has 4 aliphatic rings. The normalized spacial score (nSPS) is 38.4. The van der Waals surface area contributed by atoms with Crippen molar-refractivity contribution in [3.63, 3.8) is 0 Å². The quantitative estimate of drug-likeness (QED) is 0.0897. The van der Waals surface area contributed by atoms with Crippen LogP contribution in [0.4, 0.5) is 5.69 Å². The maximum atomic E-state index is 14.5. The number of aliphatic hydroxyl groups excluding tert-OH is 3. The van der Waals surface area contributed by atoms with Gasteiger partial charge in [0.2, 0.25) is 0 Å². The number of ketones is 1. The van der Waals surface area contributed by atoms with Crippen molar-refractivity contribution < 1.29 is 67.9 Å². The Labute approximate surface area is 450 Å². The number of ether oxygens (including phenoxy) is 8. The van der Waals surface area contributed by atoms with Crippen LogP contribution in [0.3, 0.4) is 0 Å². The van der Waals surface area contributed by atoms with Crippen molar-refractivity contribution >= 4 is 28.3 Å². The van der Waals surface area contributed by atoms with E-state index in [1.54, 1.807) is 41.5 Å². The molecule has 76 heavy (non-hydrogen) atoms. The monoisotopic (exact) mass is 1060 g/mol. The Bertz CT molecular complexity index is 2430. The van der Waals surface area contributed by atoms with Crippen molar-refractivity contribution in [3.8, 4) is 5.75 Å². The number of carbonyl (C=O) groups excluding carboxylic acids is 2. The summed E-state index contributed by atoms with van der Waals surface area (Å²) in [6.07, 6.45) is -5.77. The zero-order valence-corrected chi connectivity index (χ0v) is 47.5. The minimum Gasteiger partial charge on any atom is -0.494 e. The van der Waals surface area contributed by atoms with Crippen molar-refractivity contribution in [2.75, 3.05) is 45.9 Å². The van der Waals surface area contributed by atoms with E-state index in [9.17, 15) is 30.0 Å². The molecule has 5 heterocycles. The highest BCUT2D eigenvalue weighted by Gasteiger charge is 2.54. The molecule has 3 aromatic rings. The average Bonchev–Trinajstić information content (AvgIpc) is 3.84. The van der Waals surface area contributed by atoms with E-state index in [1.165, 1.54) is 32.4 Å². The van der Waals surface area contributed by atoms with Gasteiger partial charge in [-0.15, -0.1) is 0 Å². The molecule has 0 aliphatic carbocycles. The SMILES string of the molecule is CC[C@H]1OC(=O)[C@H](C)[C@@H](OC2C[C@@](C)(OC)[C@@H](O)[C@H](C)O2)[C@H](C)[C@@H](O[C@@H]2O[C@H](C)C[C@H](N(C)CCCOc3ccc4ncc([C@H](C)N5CCc6ccccc65)cc4c3)C2O)[C@](C)(OC)C[C@@H](C)C(=O)[C@H](C)[C@@H](O)[C@]1(C)O. The molecule has 0 spiro atoms. The van der Waals surface area contributed by atoms with E-state index in [1.807, 2.05) is 52.2 Å². The van der Waals surface area contributed by atoms with Gasteiger partial charge in [0.25, 0.3) is 0 Å².